The molecule has 0 aromatic rings. The quantitative estimate of drug-likeness (QED) is 0.701. The molecule has 1 atom stereocenters. The zero-order valence-electron chi connectivity index (χ0n) is 10.7. The van der Waals surface area contributed by atoms with E-state index in [4.69, 9.17) is 4.74 Å². The molecule has 1 rings (SSSR count). The van der Waals surface area contributed by atoms with Crippen molar-refractivity contribution in [3.05, 3.63) is 0 Å². The maximum absolute atomic E-state index is 5.72. The van der Waals surface area contributed by atoms with Crippen molar-refractivity contribution >= 4 is 0 Å². The largest absolute Gasteiger partial charge is 0.360 e. The van der Waals surface area contributed by atoms with Gasteiger partial charge in [0.2, 0.25) is 0 Å². The number of hydrogen-bond acceptors (Lipinski definition) is 2. The van der Waals surface area contributed by atoms with E-state index in [0.29, 0.717) is 6.04 Å². The normalized spacial score (nSPS) is 28.1. The zero-order valence-corrected chi connectivity index (χ0v) is 10.7. The average molecular weight is 199 g/mol. The SMILES string of the molecule is CC1(C)NC(C(C)(C)C(C)(C)C)CO1. The highest BCUT2D eigenvalue weighted by atomic mass is 16.5. The summed E-state index contributed by atoms with van der Waals surface area (Å²) in [4.78, 5) is 0. The Morgan fingerprint density at radius 3 is 1.93 bits per heavy atom. The predicted molar refractivity (Wildman–Crippen MR) is 60.2 cm³/mol. The van der Waals surface area contributed by atoms with Gasteiger partial charge in [0, 0.05) is 6.04 Å². The first-order chi connectivity index (χ1) is 6.06. The molecule has 0 spiro atoms. The Labute approximate surface area is 88.4 Å². The highest BCUT2D eigenvalue weighted by molar-refractivity contribution is 4.97. The van der Waals surface area contributed by atoms with E-state index in [1.54, 1.807) is 0 Å². The smallest absolute Gasteiger partial charge is 0.113 e. The summed E-state index contributed by atoms with van der Waals surface area (Å²) in [5, 5.41) is 3.55. The Morgan fingerprint density at radius 1 is 1.14 bits per heavy atom. The molecule has 0 amide bonds. The molecule has 1 heterocycles. The van der Waals surface area contributed by atoms with E-state index >= 15 is 0 Å². The Morgan fingerprint density at radius 2 is 1.64 bits per heavy atom. The topological polar surface area (TPSA) is 21.3 Å². The Hall–Kier alpha value is -0.0800. The first-order valence-corrected chi connectivity index (χ1v) is 5.48. The van der Waals surface area contributed by atoms with E-state index in [2.05, 4.69) is 53.8 Å². The van der Waals surface area contributed by atoms with Crippen LogP contribution in [0.5, 0.6) is 0 Å². The fourth-order valence-corrected chi connectivity index (χ4v) is 1.71. The van der Waals surface area contributed by atoms with Crippen LogP contribution in [0, 0.1) is 10.8 Å². The van der Waals surface area contributed by atoms with Gasteiger partial charge in [-0.05, 0) is 24.7 Å². The van der Waals surface area contributed by atoms with Crippen molar-refractivity contribution in [2.45, 2.75) is 60.2 Å². The molecule has 1 aliphatic heterocycles. The molecule has 1 fully saturated rings. The van der Waals surface area contributed by atoms with E-state index in [-0.39, 0.29) is 16.6 Å². The van der Waals surface area contributed by atoms with Gasteiger partial charge in [0.1, 0.15) is 5.72 Å². The minimum atomic E-state index is -0.160. The van der Waals surface area contributed by atoms with E-state index in [1.165, 1.54) is 0 Å². The number of hydrogen-bond donors (Lipinski definition) is 1. The fourth-order valence-electron chi connectivity index (χ4n) is 1.71. The Kier molecular flexibility index (Phi) is 2.75. The zero-order chi connectivity index (χ0) is 11.2. The molecule has 1 unspecified atom stereocenters. The lowest BCUT2D eigenvalue weighted by molar-refractivity contribution is 0.0216. The predicted octanol–water partition coefficient (Wildman–Crippen LogP) is 2.78. The molecular formula is C12H25NO. The Balaban J connectivity index is 2.77. The summed E-state index contributed by atoms with van der Waals surface area (Å²) >= 11 is 0. The number of nitrogens with one attached hydrogen (secondary N) is 1. The molecule has 1 saturated heterocycles. The van der Waals surface area contributed by atoms with Gasteiger partial charge in [-0.25, -0.2) is 0 Å². The van der Waals surface area contributed by atoms with Crippen LogP contribution in [-0.4, -0.2) is 18.4 Å². The second kappa shape index (κ2) is 3.21. The van der Waals surface area contributed by atoms with Crippen LogP contribution in [0.25, 0.3) is 0 Å². The van der Waals surface area contributed by atoms with Gasteiger partial charge in [0.05, 0.1) is 6.61 Å². The lowest BCUT2D eigenvalue weighted by Gasteiger charge is -2.43. The second-order valence-electron chi connectivity index (χ2n) is 6.49. The third kappa shape index (κ3) is 2.12. The fraction of sp³-hybridized carbons (Fsp3) is 1.00. The van der Waals surface area contributed by atoms with Crippen LogP contribution in [0.1, 0.15) is 48.5 Å². The third-order valence-electron chi connectivity index (χ3n) is 3.94. The molecule has 0 aliphatic carbocycles. The molecule has 14 heavy (non-hydrogen) atoms. The van der Waals surface area contributed by atoms with Crippen molar-refractivity contribution in [3.63, 3.8) is 0 Å². The molecule has 2 nitrogen and oxygen atoms in total. The molecule has 0 aromatic carbocycles. The minimum Gasteiger partial charge on any atom is -0.360 e. The number of rotatable bonds is 1. The molecule has 0 saturated carbocycles. The van der Waals surface area contributed by atoms with Gasteiger partial charge >= 0.3 is 0 Å². The van der Waals surface area contributed by atoms with Crippen LogP contribution in [0.3, 0.4) is 0 Å². The molecule has 84 valence electrons. The summed E-state index contributed by atoms with van der Waals surface area (Å²) in [7, 11) is 0. The van der Waals surface area contributed by atoms with Gasteiger partial charge in [0.25, 0.3) is 0 Å². The molecule has 1 N–H and O–H groups in total. The van der Waals surface area contributed by atoms with Crippen LogP contribution in [0.15, 0.2) is 0 Å². The van der Waals surface area contributed by atoms with E-state index in [1.807, 2.05) is 0 Å². The first-order valence-electron chi connectivity index (χ1n) is 5.48. The summed E-state index contributed by atoms with van der Waals surface area (Å²) in [5.41, 5.74) is 0.363. The minimum absolute atomic E-state index is 0.160. The Bertz CT molecular complexity index is 213. The average Bonchev–Trinajstić information content (AvgIpc) is 2.28. The van der Waals surface area contributed by atoms with Crippen molar-refractivity contribution in [2.75, 3.05) is 6.61 Å². The highest BCUT2D eigenvalue weighted by Gasteiger charge is 2.45. The summed E-state index contributed by atoms with van der Waals surface area (Å²) in [6.45, 7) is 16.5. The van der Waals surface area contributed by atoms with Crippen LogP contribution >= 0.6 is 0 Å². The third-order valence-corrected chi connectivity index (χ3v) is 3.94. The maximum atomic E-state index is 5.72. The molecule has 0 aromatic heterocycles. The van der Waals surface area contributed by atoms with Crippen LogP contribution in [0.2, 0.25) is 0 Å². The lowest BCUT2D eigenvalue weighted by Crippen LogP contribution is -2.50. The molecule has 1 aliphatic rings. The van der Waals surface area contributed by atoms with Crippen LogP contribution in [-0.2, 0) is 4.74 Å². The highest BCUT2D eigenvalue weighted by Crippen LogP contribution is 2.43. The van der Waals surface area contributed by atoms with E-state index in [0.717, 1.165) is 6.61 Å². The van der Waals surface area contributed by atoms with Gasteiger partial charge in [0.15, 0.2) is 0 Å². The second-order valence-corrected chi connectivity index (χ2v) is 6.49. The van der Waals surface area contributed by atoms with E-state index < -0.39 is 0 Å². The van der Waals surface area contributed by atoms with Crippen LogP contribution in [0.4, 0.5) is 0 Å². The summed E-state index contributed by atoms with van der Waals surface area (Å²) in [6.07, 6.45) is 0. The van der Waals surface area contributed by atoms with Crippen molar-refractivity contribution in [3.8, 4) is 0 Å². The summed E-state index contributed by atoms with van der Waals surface area (Å²) < 4.78 is 5.72. The molecular weight excluding hydrogens is 174 g/mol. The summed E-state index contributed by atoms with van der Waals surface area (Å²) in [5.74, 6) is 0. The van der Waals surface area contributed by atoms with Gasteiger partial charge in [-0.1, -0.05) is 34.6 Å². The molecule has 0 radical (unpaired) electrons. The van der Waals surface area contributed by atoms with Crippen molar-refractivity contribution in [1.29, 1.82) is 0 Å². The van der Waals surface area contributed by atoms with Gasteiger partial charge < -0.3 is 4.74 Å². The van der Waals surface area contributed by atoms with Crippen LogP contribution < -0.4 is 5.32 Å². The van der Waals surface area contributed by atoms with Crippen molar-refractivity contribution in [1.82, 2.24) is 5.32 Å². The standard InChI is InChI=1S/C12H25NO/c1-10(2,3)11(4,5)9-8-14-12(6,7)13-9/h9,13H,8H2,1-7H3. The maximum Gasteiger partial charge on any atom is 0.113 e. The van der Waals surface area contributed by atoms with Crippen molar-refractivity contribution in [2.24, 2.45) is 10.8 Å². The van der Waals surface area contributed by atoms with Crippen molar-refractivity contribution < 1.29 is 4.74 Å². The summed E-state index contributed by atoms with van der Waals surface area (Å²) in [6, 6.07) is 0.442. The molecule has 2 heteroatoms. The van der Waals surface area contributed by atoms with E-state index in [9.17, 15) is 0 Å². The first kappa shape index (κ1) is 12.0. The monoisotopic (exact) mass is 199 g/mol. The lowest BCUT2D eigenvalue weighted by atomic mass is 9.65. The van der Waals surface area contributed by atoms with Gasteiger partial charge in [-0.3, -0.25) is 5.32 Å². The number of ether oxygens (including phenoxy) is 1. The molecule has 0 bridgehead atoms. The van der Waals surface area contributed by atoms with Gasteiger partial charge in [-0.2, -0.15) is 0 Å². The van der Waals surface area contributed by atoms with Gasteiger partial charge in [-0.15, -0.1) is 0 Å².